The zero-order valence-electron chi connectivity index (χ0n) is 18.0. The Kier molecular flexibility index (Phi) is 8.15. The van der Waals surface area contributed by atoms with Gasteiger partial charge in [0, 0.05) is 18.2 Å². The fourth-order valence-corrected chi connectivity index (χ4v) is 3.27. The highest BCUT2D eigenvalue weighted by atomic mass is 16.5. The van der Waals surface area contributed by atoms with Crippen molar-refractivity contribution in [1.82, 2.24) is 4.90 Å². The molecule has 5 N–H and O–H groups in total. The molecule has 0 saturated carbocycles. The summed E-state index contributed by atoms with van der Waals surface area (Å²) >= 11 is 0. The monoisotopic (exact) mass is 427 g/mol. The van der Waals surface area contributed by atoms with E-state index in [1.165, 1.54) is 13.2 Å². The van der Waals surface area contributed by atoms with Gasteiger partial charge in [0.1, 0.15) is 11.3 Å². The predicted molar refractivity (Wildman–Crippen MR) is 117 cm³/mol. The Bertz CT molecular complexity index is 947. The van der Waals surface area contributed by atoms with Gasteiger partial charge in [-0.25, -0.2) is 4.79 Å². The number of amides is 2. The van der Waals surface area contributed by atoms with Crippen LogP contribution in [-0.4, -0.2) is 47.0 Å². The minimum Gasteiger partial charge on any atom is -0.496 e. The molecule has 0 aromatic heterocycles. The molecule has 0 radical (unpaired) electrons. The van der Waals surface area contributed by atoms with E-state index in [1.807, 2.05) is 26.0 Å². The van der Waals surface area contributed by atoms with Crippen LogP contribution >= 0.6 is 0 Å². The third-order valence-electron chi connectivity index (χ3n) is 5.01. The fraction of sp³-hybridized carbons (Fsp3) is 0.348. The largest absolute Gasteiger partial charge is 0.496 e. The van der Waals surface area contributed by atoms with Gasteiger partial charge in [0.15, 0.2) is 0 Å². The van der Waals surface area contributed by atoms with Crippen LogP contribution in [0.3, 0.4) is 0 Å². The molecule has 1 atom stereocenters. The van der Waals surface area contributed by atoms with E-state index in [0.717, 1.165) is 5.57 Å². The molecular formula is C23H29N3O5. The number of rotatable bonds is 9. The molecule has 8 nitrogen and oxygen atoms in total. The maximum absolute atomic E-state index is 13.1. The maximum atomic E-state index is 13.1. The number of ether oxygens (including phenoxy) is 1. The Morgan fingerprint density at radius 1 is 1.23 bits per heavy atom. The molecule has 0 aliphatic heterocycles. The van der Waals surface area contributed by atoms with Crippen molar-refractivity contribution in [3.63, 3.8) is 0 Å². The first-order chi connectivity index (χ1) is 14.6. The number of primary amides is 1. The molecule has 2 amide bonds. The summed E-state index contributed by atoms with van der Waals surface area (Å²) in [6.07, 6.45) is 7.78. The van der Waals surface area contributed by atoms with Crippen LogP contribution in [-0.2, 0) is 16.1 Å². The van der Waals surface area contributed by atoms with E-state index in [9.17, 15) is 19.5 Å². The van der Waals surface area contributed by atoms with Gasteiger partial charge in [0.05, 0.1) is 13.2 Å². The Morgan fingerprint density at radius 3 is 2.52 bits per heavy atom. The van der Waals surface area contributed by atoms with Gasteiger partial charge < -0.3 is 26.2 Å². The second-order valence-electron chi connectivity index (χ2n) is 7.61. The molecule has 0 heterocycles. The summed E-state index contributed by atoms with van der Waals surface area (Å²) in [5.74, 6) is -1.58. The highest BCUT2D eigenvalue weighted by Gasteiger charge is 2.25. The van der Waals surface area contributed by atoms with E-state index >= 15 is 0 Å². The number of benzene rings is 1. The average Bonchev–Trinajstić information content (AvgIpc) is 2.96. The van der Waals surface area contributed by atoms with Crippen LogP contribution in [0.5, 0.6) is 5.75 Å². The van der Waals surface area contributed by atoms with Crippen LogP contribution in [0.2, 0.25) is 0 Å². The Balaban J connectivity index is 2.18. The van der Waals surface area contributed by atoms with Gasteiger partial charge in [0.2, 0.25) is 11.8 Å². The van der Waals surface area contributed by atoms with Crippen molar-refractivity contribution in [2.45, 2.75) is 45.3 Å². The third-order valence-corrected chi connectivity index (χ3v) is 5.01. The molecule has 0 fully saturated rings. The minimum absolute atomic E-state index is 0.0336. The fourth-order valence-electron chi connectivity index (χ4n) is 3.27. The predicted octanol–water partition coefficient (Wildman–Crippen LogP) is 2.15. The van der Waals surface area contributed by atoms with E-state index in [4.69, 9.17) is 16.2 Å². The number of hydrogen-bond acceptors (Lipinski definition) is 5. The zero-order valence-corrected chi connectivity index (χ0v) is 18.0. The molecule has 0 spiro atoms. The quantitative estimate of drug-likeness (QED) is 0.552. The molecule has 1 unspecified atom stereocenters. The number of carbonyl (C=O) groups excluding carboxylic acids is 2. The van der Waals surface area contributed by atoms with Gasteiger partial charge in [-0.2, -0.15) is 0 Å². The van der Waals surface area contributed by atoms with Gasteiger partial charge in [-0.15, -0.1) is 0 Å². The van der Waals surface area contributed by atoms with Crippen LogP contribution in [0.15, 0.2) is 53.6 Å². The van der Waals surface area contributed by atoms with Crippen molar-refractivity contribution in [3.05, 3.63) is 64.8 Å². The SMILES string of the molecule is COc1ccc(CN(C(=O)C(N)CC2=CC=C(C(N)=O)CC=C2)C(C)C)cc1C(=O)O. The number of aromatic carboxylic acids is 1. The van der Waals surface area contributed by atoms with Gasteiger partial charge in [0.25, 0.3) is 0 Å². The second-order valence-corrected chi connectivity index (χ2v) is 7.61. The Labute approximate surface area is 181 Å². The van der Waals surface area contributed by atoms with Gasteiger partial charge in [-0.1, -0.05) is 30.4 Å². The highest BCUT2D eigenvalue weighted by molar-refractivity contribution is 5.93. The Morgan fingerprint density at radius 2 is 1.94 bits per heavy atom. The van der Waals surface area contributed by atoms with E-state index < -0.39 is 17.9 Å². The van der Waals surface area contributed by atoms with Crippen LogP contribution in [0, 0.1) is 0 Å². The molecule has 0 saturated heterocycles. The van der Waals surface area contributed by atoms with Gasteiger partial charge in [-0.05, 0) is 50.0 Å². The number of allylic oxidation sites excluding steroid dienone is 4. The summed E-state index contributed by atoms with van der Waals surface area (Å²) in [7, 11) is 1.41. The summed E-state index contributed by atoms with van der Waals surface area (Å²) in [5, 5.41) is 9.39. The number of nitrogens with zero attached hydrogens (tertiary/aromatic N) is 1. The number of hydrogen-bond donors (Lipinski definition) is 3. The van der Waals surface area contributed by atoms with Crippen molar-refractivity contribution >= 4 is 17.8 Å². The molecule has 2 rings (SSSR count). The summed E-state index contributed by atoms with van der Waals surface area (Å²) < 4.78 is 5.09. The molecule has 31 heavy (non-hydrogen) atoms. The van der Waals surface area contributed by atoms with Crippen molar-refractivity contribution < 1.29 is 24.2 Å². The van der Waals surface area contributed by atoms with Crippen molar-refractivity contribution in [1.29, 1.82) is 0 Å². The van der Waals surface area contributed by atoms with Gasteiger partial charge >= 0.3 is 5.97 Å². The van der Waals surface area contributed by atoms with E-state index in [0.29, 0.717) is 24.0 Å². The normalized spacial score (nSPS) is 14.4. The van der Waals surface area contributed by atoms with Crippen molar-refractivity contribution in [3.8, 4) is 5.75 Å². The average molecular weight is 428 g/mol. The topological polar surface area (TPSA) is 136 Å². The number of carboxylic acids is 1. The lowest BCUT2D eigenvalue weighted by molar-refractivity contribution is -0.135. The molecule has 1 aromatic rings. The molecule has 1 aromatic carbocycles. The minimum atomic E-state index is -1.10. The number of carboxylic acid groups (broad SMARTS) is 1. The highest BCUT2D eigenvalue weighted by Crippen LogP contribution is 2.22. The number of nitrogens with two attached hydrogens (primary N) is 2. The first-order valence-electron chi connectivity index (χ1n) is 9.96. The van der Waals surface area contributed by atoms with Crippen LogP contribution in [0.1, 0.15) is 42.6 Å². The van der Waals surface area contributed by atoms with Crippen LogP contribution in [0.25, 0.3) is 0 Å². The number of methoxy groups -OCH3 is 1. The lowest BCUT2D eigenvalue weighted by atomic mass is 10.0. The van der Waals surface area contributed by atoms with Gasteiger partial charge in [-0.3, -0.25) is 9.59 Å². The molecule has 1 aliphatic carbocycles. The zero-order chi connectivity index (χ0) is 23.1. The standard InChI is InChI=1S/C23H29N3O5/c1-14(2)26(13-16-8-10-20(31-3)18(11-16)23(29)30)22(28)19(24)12-15-5-4-6-17(9-7-15)21(25)27/h4-5,7-11,14,19H,6,12-13,24H2,1-3H3,(H2,25,27)(H,29,30). The smallest absolute Gasteiger partial charge is 0.339 e. The first kappa shape index (κ1) is 23.9. The third kappa shape index (κ3) is 6.29. The molecule has 1 aliphatic rings. The molecule has 166 valence electrons. The van der Waals surface area contributed by atoms with E-state index in [-0.39, 0.29) is 29.8 Å². The van der Waals surface area contributed by atoms with E-state index in [1.54, 1.807) is 29.2 Å². The lowest BCUT2D eigenvalue weighted by Gasteiger charge is -2.30. The van der Waals surface area contributed by atoms with E-state index in [2.05, 4.69) is 0 Å². The summed E-state index contributed by atoms with van der Waals surface area (Å²) in [6.45, 7) is 3.97. The van der Waals surface area contributed by atoms with Crippen molar-refractivity contribution in [2.75, 3.05) is 7.11 Å². The van der Waals surface area contributed by atoms with Crippen LogP contribution < -0.4 is 16.2 Å². The second kappa shape index (κ2) is 10.6. The first-order valence-corrected chi connectivity index (χ1v) is 9.96. The maximum Gasteiger partial charge on any atom is 0.339 e. The Hall–Kier alpha value is -3.39. The molecular weight excluding hydrogens is 398 g/mol. The summed E-state index contributed by atoms with van der Waals surface area (Å²) in [5.41, 5.74) is 13.5. The lowest BCUT2D eigenvalue weighted by Crippen LogP contribution is -2.46. The molecule has 8 heteroatoms. The van der Waals surface area contributed by atoms with Crippen molar-refractivity contribution in [2.24, 2.45) is 11.5 Å². The number of carbonyl (C=O) groups is 3. The summed E-state index contributed by atoms with van der Waals surface area (Å²) in [4.78, 5) is 37.5. The van der Waals surface area contributed by atoms with Crippen LogP contribution in [0.4, 0.5) is 0 Å². The summed E-state index contributed by atoms with van der Waals surface area (Å²) in [6, 6.07) is 3.87. The molecule has 0 bridgehead atoms.